The van der Waals surface area contributed by atoms with Crippen LogP contribution in [0.1, 0.15) is 17.0 Å². The number of fused-ring (bicyclic) bond motifs is 3. The molecule has 140 valence electrons. The average Bonchev–Trinajstić information content (AvgIpc) is 3.02. The number of aliphatic hydroxyl groups excluding tert-OH is 1. The standard InChI is InChI=1S/C21H21NO5/c1-2-11-26-20(24)19(12-23)22-21(25)27-13-18-16-9-5-3-7-14(16)15-8-4-6-10-17(15)18/h2-10,18-19,23H,1,11-13H2,(H,22,25)/t19-/m1/s1. The SMILES string of the molecule is C=CCOC(=O)[C@@H](CO)NC(=O)OCC1c2ccccc2-c2ccccc21. The van der Waals surface area contributed by atoms with Crippen LogP contribution in [-0.4, -0.2) is 43.0 Å². The van der Waals surface area contributed by atoms with Crippen LogP contribution in [0.15, 0.2) is 61.2 Å². The number of amides is 1. The first kappa shape index (κ1) is 18.7. The van der Waals surface area contributed by atoms with E-state index >= 15 is 0 Å². The molecule has 1 amide bonds. The molecule has 0 saturated heterocycles. The van der Waals surface area contributed by atoms with E-state index < -0.39 is 24.7 Å². The largest absolute Gasteiger partial charge is 0.460 e. The van der Waals surface area contributed by atoms with Crippen molar-refractivity contribution in [3.05, 3.63) is 72.3 Å². The van der Waals surface area contributed by atoms with Crippen molar-refractivity contribution in [3.8, 4) is 11.1 Å². The zero-order chi connectivity index (χ0) is 19.2. The van der Waals surface area contributed by atoms with Crippen LogP contribution in [0.2, 0.25) is 0 Å². The quantitative estimate of drug-likeness (QED) is 0.580. The van der Waals surface area contributed by atoms with Gasteiger partial charge in [0.2, 0.25) is 0 Å². The predicted octanol–water partition coefficient (Wildman–Crippen LogP) is 2.62. The second-order valence-electron chi connectivity index (χ2n) is 6.12. The number of ether oxygens (including phenoxy) is 2. The maximum absolute atomic E-state index is 12.1. The number of esters is 1. The molecule has 1 aliphatic rings. The maximum atomic E-state index is 12.1. The number of aliphatic hydroxyl groups is 1. The summed E-state index contributed by atoms with van der Waals surface area (Å²) in [6.45, 7) is 2.98. The summed E-state index contributed by atoms with van der Waals surface area (Å²) < 4.78 is 10.2. The van der Waals surface area contributed by atoms with Gasteiger partial charge in [0, 0.05) is 5.92 Å². The summed E-state index contributed by atoms with van der Waals surface area (Å²) in [6.07, 6.45) is 0.617. The van der Waals surface area contributed by atoms with Gasteiger partial charge in [-0.25, -0.2) is 9.59 Å². The molecular formula is C21H21NO5. The van der Waals surface area contributed by atoms with Gasteiger partial charge >= 0.3 is 12.1 Å². The van der Waals surface area contributed by atoms with Gasteiger partial charge in [-0.05, 0) is 22.3 Å². The predicted molar refractivity (Wildman–Crippen MR) is 100 cm³/mol. The van der Waals surface area contributed by atoms with Crippen LogP contribution in [0, 0.1) is 0 Å². The minimum atomic E-state index is -1.18. The molecule has 0 fully saturated rings. The van der Waals surface area contributed by atoms with Crippen LogP contribution in [0.5, 0.6) is 0 Å². The third-order valence-electron chi connectivity index (χ3n) is 4.45. The van der Waals surface area contributed by atoms with E-state index in [4.69, 9.17) is 9.47 Å². The van der Waals surface area contributed by atoms with Crippen LogP contribution in [0.25, 0.3) is 11.1 Å². The van der Waals surface area contributed by atoms with E-state index in [1.165, 1.54) is 6.08 Å². The van der Waals surface area contributed by atoms with Crippen LogP contribution < -0.4 is 5.32 Å². The molecule has 2 aromatic carbocycles. The first-order chi connectivity index (χ1) is 13.2. The number of hydrogen-bond donors (Lipinski definition) is 2. The van der Waals surface area contributed by atoms with Gasteiger partial charge in [0.25, 0.3) is 0 Å². The molecule has 2 aromatic rings. The van der Waals surface area contributed by atoms with Crippen LogP contribution >= 0.6 is 0 Å². The summed E-state index contributed by atoms with van der Waals surface area (Å²) in [4.78, 5) is 23.9. The van der Waals surface area contributed by atoms with Crippen LogP contribution in [0.3, 0.4) is 0 Å². The fourth-order valence-electron chi connectivity index (χ4n) is 3.20. The summed E-state index contributed by atoms with van der Waals surface area (Å²) in [6, 6.07) is 14.8. The fraction of sp³-hybridized carbons (Fsp3) is 0.238. The van der Waals surface area contributed by atoms with Gasteiger partial charge in [-0.15, -0.1) is 0 Å². The molecule has 0 heterocycles. The lowest BCUT2D eigenvalue weighted by atomic mass is 9.98. The molecule has 2 N–H and O–H groups in total. The molecule has 6 heteroatoms. The summed E-state index contributed by atoms with van der Waals surface area (Å²) >= 11 is 0. The third-order valence-corrected chi connectivity index (χ3v) is 4.45. The van der Waals surface area contributed by atoms with Gasteiger partial charge in [-0.2, -0.15) is 0 Å². The molecule has 27 heavy (non-hydrogen) atoms. The van der Waals surface area contributed by atoms with Crippen LogP contribution in [-0.2, 0) is 14.3 Å². The molecule has 3 rings (SSSR count). The van der Waals surface area contributed by atoms with Crippen molar-refractivity contribution in [2.24, 2.45) is 0 Å². The lowest BCUT2D eigenvalue weighted by Crippen LogP contribution is -2.44. The molecule has 0 spiro atoms. The molecule has 1 aliphatic carbocycles. The molecular weight excluding hydrogens is 346 g/mol. The van der Waals surface area contributed by atoms with Gasteiger partial charge in [0.05, 0.1) is 6.61 Å². The lowest BCUT2D eigenvalue weighted by Gasteiger charge is -2.17. The molecule has 1 atom stereocenters. The van der Waals surface area contributed by atoms with Gasteiger partial charge in [0.1, 0.15) is 13.2 Å². The summed E-state index contributed by atoms with van der Waals surface area (Å²) in [5, 5.41) is 11.6. The number of carbonyl (C=O) groups excluding carboxylic acids is 2. The van der Waals surface area contributed by atoms with Crippen LogP contribution in [0.4, 0.5) is 4.79 Å². The lowest BCUT2D eigenvalue weighted by molar-refractivity contribution is -0.145. The number of benzene rings is 2. The zero-order valence-electron chi connectivity index (χ0n) is 14.8. The molecule has 0 aliphatic heterocycles. The van der Waals surface area contributed by atoms with Crippen molar-refractivity contribution < 1.29 is 24.2 Å². The minimum absolute atomic E-state index is 0.00169. The van der Waals surface area contributed by atoms with E-state index in [2.05, 4.69) is 11.9 Å². The highest BCUT2D eigenvalue weighted by molar-refractivity contribution is 5.82. The van der Waals surface area contributed by atoms with Crippen molar-refractivity contribution in [2.45, 2.75) is 12.0 Å². The Balaban J connectivity index is 1.65. The summed E-state index contributed by atoms with van der Waals surface area (Å²) in [5.41, 5.74) is 4.44. The summed E-state index contributed by atoms with van der Waals surface area (Å²) in [7, 11) is 0. The Hall–Kier alpha value is -3.12. The second kappa shape index (κ2) is 8.51. The Morgan fingerprint density at radius 1 is 1.07 bits per heavy atom. The van der Waals surface area contributed by atoms with E-state index in [-0.39, 0.29) is 19.1 Å². The number of carbonyl (C=O) groups is 2. The molecule has 6 nitrogen and oxygen atoms in total. The normalized spacial score (nSPS) is 13.2. The molecule has 0 unspecified atom stereocenters. The Labute approximate surface area is 157 Å². The number of alkyl carbamates (subject to hydrolysis) is 1. The van der Waals surface area contributed by atoms with Crippen molar-refractivity contribution in [2.75, 3.05) is 19.8 Å². The highest BCUT2D eigenvalue weighted by Gasteiger charge is 2.29. The first-order valence-electron chi connectivity index (χ1n) is 8.65. The minimum Gasteiger partial charge on any atom is -0.460 e. The van der Waals surface area contributed by atoms with E-state index in [0.29, 0.717) is 0 Å². The number of nitrogens with one attached hydrogen (secondary N) is 1. The van der Waals surface area contributed by atoms with Gasteiger partial charge in [-0.3, -0.25) is 0 Å². The van der Waals surface area contributed by atoms with Crippen molar-refractivity contribution >= 4 is 12.1 Å². The monoisotopic (exact) mass is 367 g/mol. The average molecular weight is 367 g/mol. The highest BCUT2D eigenvalue weighted by atomic mass is 16.6. The Morgan fingerprint density at radius 2 is 1.67 bits per heavy atom. The van der Waals surface area contributed by atoms with Crippen molar-refractivity contribution in [3.63, 3.8) is 0 Å². The topological polar surface area (TPSA) is 84.9 Å². The zero-order valence-corrected chi connectivity index (χ0v) is 14.8. The Morgan fingerprint density at radius 3 is 2.22 bits per heavy atom. The van der Waals surface area contributed by atoms with Crippen molar-refractivity contribution in [1.82, 2.24) is 5.32 Å². The fourth-order valence-corrected chi connectivity index (χ4v) is 3.20. The highest BCUT2D eigenvalue weighted by Crippen LogP contribution is 2.44. The van der Waals surface area contributed by atoms with Gasteiger partial charge in [-0.1, -0.05) is 61.2 Å². The summed E-state index contributed by atoms with van der Waals surface area (Å²) in [5.74, 6) is -0.825. The Kier molecular flexibility index (Phi) is 5.88. The molecule has 0 bridgehead atoms. The molecule has 0 saturated carbocycles. The number of rotatable bonds is 7. The number of hydrogen-bond acceptors (Lipinski definition) is 5. The van der Waals surface area contributed by atoms with Gasteiger partial charge in [0.15, 0.2) is 6.04 Å². The van der Waals surface area contributed by atoms with Crippen molar-refractivity contribution in [1.29, 1.82) is 0 Å². The third kappa shape index (κ3) is 4.01. The second-order valence-corrected chi connectivity index (χ2v) is 6.12. The first-order valence-corrected chi connectivity index (χ1v) is 8.65. The Bertz CT molecular complexity index is 802. The van der Waals surface area contributed by atoms with E-state index in [9.17, 15) is 14.7 Å². The molecule has 0 radical (unpaired) electrons. The van der Waals surface area contributed by atoms with E-state index in [1.807, 2.05) is 48.5 Å². The molecule has 0 aromatic heterocycles. The van der Waals surface area contributed by atoms with Gasteiger partial charge < -0.3 is 19.9 Å². The smallest absolute Gasteiger partial charge is 0.407 e. The van der Waals surface area contributed by atoms with E-state index in [1.54, 1.807) is 0 Å². The maximum Gasteiger partial charge on any atom is 0.407 e. The van der Waals surface area contributed by atoms with E-state index in [0.717, 1.165) is 22.3 Å².